The minimum absolute atomic E-state index is 0.120. The zero-order valence-corrected chi connectivity index (χ0v) is 14.8. The summed E-state index contributed by atoms with van der Waals surface area (Å²) in [5, 5.41) is 2.01. The molecule has 1 aliphatic heterocycles. The fraction of sp³-hybridized carbons (Fsp3) is 0.364. The van der Waals surface area contributed by atoms with Gasteiger partial charge in [0.2, 0.25) is 0 Å². The van der Waals surface area contributed by atoms with Crippen LogP contribution < -0.4 is 0 Å². The van der Waals surface area contributed by atoms with Crippen molar-refractivity contribution in [2.45, 2.75) is 39.5 Å². The van der Waals surface area contributed by atoms with Gasteiger partial charge >= 0.3 is 0 Å². The molecule has 0 saturated heterocycles. The maximum absolute atomic E-state index is 13.1. The topological polar surface area (TPSA) is 37.4 Å². The number of nitrogens with zero attached hydrogens (tertiary/aromatic N) is 1. The first-order chi connectivity index (χ1) is 12.2. The van der Waals surface area contributed by atoms with Crippen molar-refractivity contribution in [2.75, 3.05) is 6.54 Å². The Labute approximate surface area is 148 Å². The van der Waals surface area contributed by atoms with E-state index in [1.807, 2.05) is 24.3 Å². The second-order valence-corrected chi connectivity index (χ2v) is 7.13. The van der Waals surface area contributed by atoms with Gasteiger partial charge in [0.15, 0.2) is 0 Å². The molecule has 4 rings (SSSR count). The first kappa shape index (κ1) is 16.1. The molecule has 0 spiro atoms. The van der Waals surface area contributed by atoms with E-state index in [-0.39, 0.29) is 11.8 Å². The van der Waals surface area contributed by atoms with E-state index >= 15 is 0 Å². The highest BCUT2D eigenvalue weighted by molar-refractivity contribution is 6.28. The highest BCUT2D eigenvalue weighted by Gasteiger charge is 2.38. The Kier molecular flexibility index (Phi) is 3.95. The molecule has 0 aromatic heterocycles. The van der Waals surface area contributed by atoms with E-state index in [4.69, 9.17) is 0 Å². The number of fused-ring (bicyclic) bond motifs is 2. The van der Waals surface area contributed by atoms with Gasteiger partial charge in [-0.1, -0.05) is 63.5 Å². The van der Waals surface area contributed by atoms with Gasteiger partial charge in [-0.05, 0) is 40.3 Å². The van der Waals surface area contributed by atoms with E-state index in [0.29, 0.717) is 23.6 Å². The Hall–Kier alpha value is -2.42. The van der Waals surface area contributed by atoms with E-state index in [2.05, 4.69) is 26.0 Å². The van der Waals surface area contributed by atoms with Gasteiger partial charge in [-0.25, -0.2) is 0 Å². The van der Waals surface area contributed by atoms with Gasteiger partial charge in [-0.3, -0.25) is 14.5 Å². The standard InChI is InChI=1S/C22H23NO2/c1-3-5-7-14(4-2)13-23-21(24)18-12-16-11-10-15-8-6-9-17(19(15)16)20(18)22(23)25/h6,8-12,14H,3-5,7,13H2,1-2H3. The smallest absolute Gasteiger partial charge is 0.262 e. The Morgan fingerprint density at radius 2 is 1.84 bits per heavy atom. The predicted octanol–water partition coefficient (Wildman–Crippen LogP) is 5.14. The second kappa shape index (κ2) is 6.14. The highest BCUT2D eigenvalue weighted by atomic mass is 16.2. The maximum Gasteiger partial charge on any atom is 0.262 e. The summed E-state index contributed by atoms with van der Waals surface area (Å²) in [4.78, 5) is 27.5. The molecule has 1 heterocycles. The molecular formula is C22H23NO2. The van der Waals surface area contributed by atoms with Crippen LogP contribution in [-0.2, 0) is 0 Å². The van der Waals surface area contributed by atoms with Crippen LogP contribution in [0.2, 0.25) is 0 Å². The highest BCUT2D eigenvalue weighted by Crippen LogP contribution is 2.38. The van der Waals surface area contributed by atoms with Crippen LogP contribution in [0, 0.1) is 5.92 Å². The van der Waals surface area contributed by atoms with Crippen molar-refractivity contribution in [3.8, 4) is 0 Å². The van der Waals surface area contributed by atoms with Gasteiger partial charge < -0.3 is 0 Å². The van der Waals surface area contributed by atoms with Gasteiger partial charge in [0.05, 0.1) is 11.1 Å². The molecule has 1 atom stereocenters. The molecule has 0 saturated carbocycles. The van der Waals surface area contributed by atoms with Crippen LogP contribution in [0.15, 0.2) is 24.3 Å². The molecular weight excluding hydrogens is 310 g/mol. The molecule has 128 valence electrons. The first-order valence-corrected chi connectivity index (χ1v) is 9.29. The summed E-state index contributed by atoms with van der Waals surface area (Å²) in [6.45, 7) is 4.85. The molecule has 2 aromatic carbocycles. The largest absolute Gasteiger partial charge is 0.274 e. The number of unbranched alkanes of at least 4 members (excludes halogenated alkanes) is 1. The number of benzene rings is 2. The number of amides is 2. The number of carbonyl (C=O) groups excluding carboxylic acids is 2. The van der Waals surface area contributed by atoms with Crippen molar-refractivity contribution in [1.29, 1.82) is 0 Å². The van der Waals surface area contributed by atoms with E-state index in [1.54, 1.807) is 0 Å². The fourth-order valence-corrected chi connectivity index (χ4v) is 4.11. The first-order valence-electron chi connectivity index (χ1n) is 9.29. The van der Waals surface area contributed by atoms with Crippen LogP contribution >= 0.6 is 0 Å². The van der Waals surface area contributed by atoms with Crippen molar-refractivity contribution in [3.05, 3.63) is 46.5 Å². The molecule has 0 radical (unpaired) electrons. The maximum atomic E-state index is 13.1. The lowest BCUT2D eigenvalue weighted by Gasteiger charge is -2.21. The molecule has 0 N–H and O–H groups in total. The van der Waals surface area contributed by atoms with Crippen LogP contribution in [0.25, 0.3) is 22.9 Å². The SMILES string of the molecule is CCCCC(CC)CN1C(=O)c2cc3c4c(cccc4c2C1=O)C=C3. The molecule has 2 aliphatic rings. The number of rotatable bonds is 6. The van der Waals surface area contributed by atoms with E-state index in [9.17, 15) is 9.59 Å². The quantitative estimate of drug-likeness (QED) is 0.586. The lowest BCUT2D eigenvalue weighted by molar-refractivity contribution is 0.0625. The average molecular weight is 333 g/mol. The average Bonchev–Trinajstić information content (AvgIpc) is 3.14. The van der Waals surface area contributed by atoms with Gasteiger partial charge in [0, 0.05) is 6.54 Å². The Morgan fingerprint density at radius 3 is 2.60 bits per heavy atom. The monoisotopic (exact) mass is 333 g/mol. The van der Waals surface area contributed by atoms with Crippen LogP contribution in [-0.4, -0.2) is 23.3 Å². The molecule has 3 heteroatoms. The van der Waals surface area contributed by atoms with Gasteiger partial charge in [-0.2, -0.15) is 0 Å². The van der Waals surface area contributed by atoms with Gasteiger partial charge in [0.25, 0.3) is 11.8 Å². The van der Waals surface area contributed by atoms with Crippen LogP contribution in [0.5, 0.6) is 0 Å². The normalized spacial score (nSPS) is 16.2. The van der Waals surface area contributed by atoms with Crippen molar-refractivity contribution in [3.63, 3.8) is 0 Å². The van der Waals surface area contributed by atoms with Crippen LogP contribution in [0.4, 0.5) is 0 Å². The van der Waals surface area contributed by atoms with Gasteiger partial charge in [0.1, 0.15) is 0 Å². The minimum atomic E-state index is -0.126. The lowest BCUT2D eigenvalue weighted by Crippen LogP contribution is -2.34. The molecule has 3 nitrogen and oxygen atoms in total. The Bertz CT molecular complexity index is 910. The third-order valence-electron chi connectivity index (χ3n) is 5.58. The number of hydrogen-bond donors (Lipinski definition) is 0. The summed E-state index contributed by atoms with van der Waals surface area (Å²) in [5.41, 5.74) is 3.34. The zero-order valence-electron chi connectivity index (χ0n) is 14.8. The Morgan fingerprint density at radius 1 is 1.04 bits per heavy atom. The lowest BCUT2D eigenvalue weighted by atomic mass is 9.96. The second-order valence-electron chi connectivity index (χ2n) is 7.13. The third kappa shape index (κ3) is 2.41. The molecule has 1 aliphatic carbocycles. The Balaban J connectivity index is 1.74. The van der Waals surface area contributed by atoms with E-state index in [0.717, 1.165) is 47.6 Å². The molecule has 2 amide bonds. The summed E-state index contributed by atoms with van der Waals surface area (Å²) >= 11 is 0. The number of hydrogen-bond acceptors (Lipinski definition) is 2. The predicted molar refractivity (Wildman–Crippen MR) is 102 cm³/mol. The summed E-state index contributed by atoms with van der Waals surface area (Å²) in [7, 11) is 0. The number of carbonyl (C=O) groups is 2. The zero-order chi connectivity index (χ0) is 17.6. The summed E-state index contributed by atoms with van der Waals surface area (Å²) < 4.78 is 0. The molecule has 0 fully saturated rings. The molecule has 2 aromatic rings. The molecule has 0 bridgehead atoms. The van der Waals surface area contributed by atoms with Crippen LogP contribution in [0.3, 0.4) is 0 Å². The minimum Gasteiger partial charge on any atom is -0.274 e. The fourth-order valence-electron chi connectivity index (χ4n) is 4.11. The van der Waals surface area contributed by atoms with Gasteiger partial charge in [-0.15, -0.1) is 0 Å². The molecule has 1 unspecified atom stereocenters. The van der Waals surface area contributed by atoms with Crippen molar-refractivity contribution in [2.24, 2.45) is 5.92 Å². The van der Waals surface area contributed by atoms with E-state index in [1.165, 1.54) is 4.90 Å². The van der Waals surface area contributed by atoms with Crippen LogP contribution in [0.1, 0.15) is 71.4 Å². The summed E-state index contributed by atoms with van der Waals surface area (Å²) in [5.74, 6) is 0.139. The van der Waals surface area contributed by atoms with Crippen molar-refractivity contribution < 1.29 is 9.59 Å². The van der Waals surface area contributed by atoms with Crippen molar-refractivity contribution in [1.82, 2.24) is 4.90 Å². The number of imide groups is 1. The third-order valence-corrected chi connectivity index (χ3v) is 5.58. The summed E-state index contributed by atoms with van der Waals surface area (Å²) in [6, 6.07) is 7.89. The summed E-state index contributed by atoms with van der Waals surface area (Å²) in [6.07, 6.45) is 8.43. The van der Waals surface area contributed by atoms with Crippen molar-refractivity contribution >= 4 is 34.7 Å². The molecule has 25 heavy (non-hydrogen) atoms. The van der Waals surface area contributed by atoms with E-state index < -0.39 is 0 Å².